The largest absolute Gasteiger partial charge is 0.490 e. The number of rotatable bonds is 8. The van der Waals surface area contributed by atoms with Gasteiger partial charge < -0.3 is 9.47 Å². The standard InChI is InChI=1S/C22H27N3O2/c1-3-25(19-7-5-6-8-19)16-17-9-11-20(21(13-17)26-4-2)27-22-12-10-18(14-23)15-24-22/h9-13,15,19H,3-8,16H2,1-2H3. The lowest BCUT2D eigenvalue weighted by molar-refractivity contribution is 0.200. The molecule has 142 valence electrons. The van der Waals surface area contributed by atoms with Crippen LogP contribution in [0.3, 0.4) is 0 Å². The molecule has 0 saturated heterocycles. The minimum absolute atomic E-state index is 0.448. The molecule has 0 radical (unpaired) electrons. The lowest BCUT2D eigenvalue weighted by Gasteiger charge is -2.27. The maximum Gasteiger partial charge on any atom is 0.219 e. The predicted molar refractivity (Wildman–Crippen MR) is 105 cm³/mol. The van der Waals surface area contributed by atoms with Crippen molar-refractivity contribution in [1.29, 1.82) is 5.26 Å². The molecule has 1 aliphatic rings. The van der Waals surface area contributed by atoms with E-state index in [0.29, 0.717) is 29.8 Å². The van der Waals surface area contributed by atoms with E-state index in [0.717, 1.165) is 18.8 Å². The minimum Gasteiger partial charge on any atom is -0.490 e. The van der Waals surface area contributed by atoms with E-state index in [9.17, 15) is 0 Å². The molecule has 0 spiro atoms. The van der Waals surface area contributed by atoms with Crippen LogP contribution in [0.25, 0.3) is 0 Å². The first-order valence-corrected chi connectivity index (χ1v) is 9.77. The summed E-state index contributed by atoms with van der Waals surface area (Å²) < 4.78 is 11.7. The first kappa shape index (κ1) is 19.2. The van der Waals surface area contributed by atoms with Crippen molar-refractivity contribution in [1.82, 2.24) is 9.88 Å². The Hall–Kier alpha value is -2.58. The zero-order valence-electron chi connectivity index (χ0n) is 16.1. The van der Waals surface area contributed by atoms with Crippen LogP contribution in [0, 0.1) is 11.3 Å². The Morgan fingerprint density at radius 3 is 2.59 bits per heavy atom. The van der Waals surface area contributed by atoms with E-state index in [1.54, 1.807) is 12.1 Å². The molecule has 0 N–H and O–H groups in total. The van der Waals surface area contributed by atoms with Crippen LogP contribution >= 0.6 is 0 Å². The van der Waals surface area contributed by atoms with Crippen LogP contribution in [0.15, 0.2) is 36.5 Å². The fourth-order valence-electron chi connectivity index (χ4n) is 3.63. The van der Waals surface area contributed by atoms with Crippen LogP contribution in [0.1, 0.15) is 50.7 Å². The number of hydrogen-bond acceptors (Lipinski definition) is 5. The van der Waals surface area contributed by atoms with Crippen molar-refractivity contribution in [2.24, 2.45) is 0 Å². The van der Waals surface area contributed by atoms with Crippen molar-refractivity contribution in [3.05, 3.63) is 47.7 Å². The van der Waals surface area contributed by atoms with Gasteiger partial charge in [0.25, 0.3) is 0 Å². The third-order valence-corrected chi connectivity index (χ3v) is 5.02. The molecule has 0 atom stereocenters. The molecule has 5 heteroatoms. The SMILES string of the molecule is CCOc1cc(CN(CC)C2CCCC2)ccc1Oc1ccc(C#N)cn1. The summed E-state index contributed by atoms with van der Waals surface area (Å²) in [6, 6.07) is 12.3. The van der Waals surface area contributed by atoms with Crippen molar-refractivity contribution < 1.29 is 9.47 Å². The Morgan fingerprint density at radius 1 is 1.15 bits per heavy atom. The monoisotopic (exact) mass is 365 g/mol. The van der Waals surface area contributed by atoms with Crippen LogP contribution in [0.4, 0.5) is 0 Å². The molecule has 3 rings (SSSR count). The predicted octanol–water partition coefficient (Wildman–Crippen LogP) is 4.91. The molecule has 1 fully saturated rings. The summed E-state index contributed by atoms with van der Waals surface area (Å²) in [5.74, 6) is 1.81. The van der Waals surface area contributed by atoms with Crippen LogP contribution in [-0.2, 0) is 6.54 Å². The number of nitrogens with zero attached hydrogens (tertiary/aromatic N) is 3. The van der Waals surface area contributed by atoms with Gasteiger partial charge in [0.2, 0.25) is 5.88 Å². The maximum atomic E-state index is 8.88. The number of hydrogen-bond donors (Lipinski definition) is 0. The average molecular weight is 365 g/mol. The van der Waals surface area contributed by atoms with E-state index in [1.165, 1.54) is 37.4 Å². The van der Waals surface area contributed by atoms with Crippen LogP contribution in [0.2, 0.25) is 0 Å². The summed E-state index contributed by atoms with van der Waals surface area (Å²) in [6.07, 6.45) is 6.80. The second-order valence-corrected chi connectivity index (χ2v) is 6.81. The normalized spacial score (nSPS) is 14.3. The first-order valence-electron chi connectivity index (χ1n) is 9.77. The van der Waals surface area contributed by atoms with Crippen molar-refractivity contribution >= 4 is 0 Å². The highest BCUT2D eigenvalue weighted by Gasteiger charge is 2.21. The summed E-state index contributed by atoms with van der Waals surface area (Å²) in [5.41, 5.74) is 1.74. The van der Waals surface area contributed by atoms with Crippen LogP contribution < -0.4 is 9.47 Å². The van der Waals surface area contributed by atoms with Gasteiger partial charge in [0.15, 0.2) is 11.5 Å². The Bertz CT molecular complexity index is 777. The van der Waals surface area contributed by atoms with E-state index < -0.39 is 0 Å². The van der Waals surface area contributed by atoms with Gasteiger partial charge in [-0.3, -0.25) is 4.90 Å². The average Bonchev–Trinajstić information content (AvgIpc) is 3.23. The smallest absolute Gasteiger partial charge is 0.219 e. The number of pyridine rings is 1. The zero-order chi connectivity index (χ0) is 19.1. The maximum absolute atomic E-state index is 8.88. The second kappa shape index (κ2) is 9.38. The highest BCUT2D eigenvalue weighted by molar-refractivity contribution is 5.45. The molecule has 1 aliphatic carbocycles. The van der Waals surface area contributed by atoms with Gasteiger partial charge in [0, 0.05) is 24.8 Å². The molecule has 27 heavy (non-hydrogen) atoms. The van der Waals surface area contributed by atoms with Gasteiger partial charge in [-0.1, -0.05) is 25.8 Å². The topological polar surface area (TPSA) is 58.4 Å². The van der Waals surface area contributed by atoms with E-state index in [2.05, 4.69) is 35.0 Å². The highest BCUT2D eigenvalue weighted by atomic mass is 16.5. The molecule has 1 heterocycles. The molecule has 0 aliphatic heterocycles. The summed E-state index contributed by atoms with van der Waals surface area (Å²) in [5, 5.41) is 8.88. The first-order chi connectivity index (χ1) is 13.2. The molecule has 0 amide bonds. The molecule has 1 saturated carbocycles. The molecule has 1 aromatic heterocycles. The quantitative estimate of drug-likeness (QED) is 0.665. The fourth-order valence-corrected chi connectivity index (χ4v) is 3.63. The Kier molecular flexibility index (Phi) is 6.67. The summed E-state index contributed by atoms with van der Waals surface area (Å²) in [6.45, 7) is 6.75. The number of benzene rings is 1. The van der Waals surface area contributed by atoms with Gasteiger partial charge in [-0.05, 0) is 50.1 Å². The van der Waals surface area contributed by atoms with Crippen molar-refractivity contribution in [3.8, 4) is 23.4 Å². The van der Waals surface area contributed by atoms with E-state index in [4.69, 9.17) is 14.7 Å². The van der Waals surface area contributed by atoms with Crippen LogP contribution in [0.5, 0.6) is 17.4 Å². The molecule has 1 aromatic carbocycles. The van der Waals surface area contributed by atoms with Crippen LogP contribution in [-0.4, -0.2) is 29.1 Å². The van der Waals surface area contributed by atoms with Gasteiger partial charge in [-0.25, -0.2) is 4.98 Å². The van der Waals surface area contributed by atoms with Gasteiger partial charge >= 0.3 is 0 Å². The van der Waals surface area contributed by atoms with Crippen molar-refractivity contribution in [2.75, 3.05) is 13.2 Å². The zero-order valence-corrected chi connectivity index (χ0v) is 16.1. The molecular formula is C22H27N3O2. The molecule has 0 unspecified atom stereocenters. The van der Waals surface area contributed by atoms with Gasteiger partial charge in [0.1, 0.15) is 6.07 Å². The molecule has 5 nitrogen and oxygen atoms in total. The molecule has 0 bridgehead atoms. The number of ether oxygens (including phenoxy) is 2. The van der Waals surface area contributed by atoms with Gasteiger partial charge in [-0.2, -0.15) is 5.26 Å². The summed E-state index contributed by atoms with van der Waals surface area (Å²) in [4.78, 5) is 6.73. The number of nitriles is 1. The van der Waals surface area contributed by atoms with Crippen molar-refractivity contribution in [3.63, 3.8) is 0 Å². The fraction of sp³-hybridized carbons (Fsp3) is 0.455. The summed E-state index contributed by atoms with van der Waals surface area (Å²) in [7, 11) is 0. The lowest BCUT2D eigenvalue weighted by Crippen LogP contribution is -2.32. The Morgan fingerprint density at radius 2 is 1.96 bits per heavy atom. The molecule has 2 aromatic rings. The summed E-state index contributed by atoms with van der Waals surface area (Å²) >= 11 is 0. The Labute approximate surface area is 161 Å². The van der Waals surface area contributed by atoms with E-state index >= 15 is 0 Å². The van der Waals surface area contributed by atoms with Crippen molar-refractivity contribution in [2.45, 2.75) is 52.1 Å². The third-order valence-electron chi connectivity index (χ3n) is 5.02. The number of aromatic nitrogens is 1. The third kappa shape index (κ3) is 4.99. The van der Waals surface area contributed by atoms with E-state index in [-0.39, 0.29) is 0 Å². The molecular weight excluding hydrogens is 338 g/mol. The second-order valence-electron chi connectivity index (χ2n) is 6.81. The van der Waals surface area contributed by atoms with Gasteiger partial charge in [0.05, 0.1) is 12.2 Å². The lowest BCUT2D eigenvalue weighted by atomic mass is 10.1. The Balaban J connectivity index is 1.75. The highest BCUT2D eigenvalue weighted by Crippen LogP contribution is 2.33. The van der Waals surface area contributed by atoms with E-state index in [1.807, 2.05) is 13.0 Å². The minimum atomic E-state index is 0.448. The van der Waals surface area contributed by atoms with Gasteiger partial charge in [-0.15, -0.1) is 0 Å².